The van der Waals surface area contributed by atoms with Crippen LogP contribution in [-0.4, -0.2) is 22.0 Å². The van der Waals surface area contributed by atoms with Crippen molar-refractivity contribution in [2.45, 2.75) is 35.5 Å². The fraction of sp³-hybridized carbons (Fsp3) is 0.250. The van der Waals surface area contributed by atoms with E-state index in [2.05, 4.69) is 11.1 Å². The summed E-state index contributed by atoms with van der Waals surface area (Å²) in [5.74, 6) is -0.461. The van der Waals surface area contributed by atoms with Gasteiger partial charge in [0.25, 0.3) is 0 Å². The minimum Gasteiger partial charge on any atom is -0.383 e. The predicted molar refractivity (Wildman–Crippen MR) is 103 cm³/mol. The Bertz CT molecular complexity index is 1070. The zero-order chi connectivity index (χ0) is 19.8. The smallest absolute Gasteiger partial charge is 0.247 e. The van der Waals surface area contributed by atoms with Crippen molar-refractivity contribution in [1.82, 2.24) is 4.98 Å². The highest BCUT2D eigenvalue weighted by atomic mass is 32.2. The van der Waals surface area contributed by atoms with E-state index in [1.54, 1.807) is 24.3 Å². The molecule has 2 amide bonds. The fourth-order valence-electron chi connectivity index (χ4n) is 3.37. The van der Waals surface area contributed by atoms with Crippen LogP contribution in [0.4, 0.5) is 11.5 Å². The molecule has 7 nitrogen and oxygen atoms in total. The number of nitrogens with zero attached hydrogens (tertiary/aromatic N) is 4. The largest absolute Gasteiger partial charge is 0.383 e. The SMILES string of the molecule is N#Cc1c(N)nc(S[C@@H]2CC(=O)N(c3ccccc3)C2=O)c(C#N)c1C1CC1. The van der Waals surface area contributed by atoms with Crippen LogP contribution < -0.4 is 10.6 Å². The van der Waals surface area contributed by atoms with E-state index in [-0.39, 0.29) is 41.1 Å². The Morgan fingerprint density at radius 3 is 2.39 bits per heavy atom. The molecule has 2 aliphatic rings. The van der Waals surface area contributed by atoms with Gasteiger partial charge in [0.1, 0.15) is 23.0 Å². The maximum Gasteiger partial charge on any atom is 0.247 e. The molecule has 1 aliphatic heterocycles. The van der Waals surface area contributed by atoms with Gasteiger partial charge in [0.15, 0.2) is 0 Å². The summed E-state index contributed by atoms with van der Waals surface area (Å²) >= 11 is 1.07. The van der Waals surface area contributed by atoms with E-state index in [9.17, 15) is 20.1 Å². The fourth-order valence-corrected chi connectivity index (χ4v) is 4.50. The Kier molecular flexibility index (Phi) is 4.50. The molecule has 1 aromatic heterocycles. The van der Waals surface area contributed by atoms with Gasteiger partial charge in [-0.15, -0.1) is 0 Å². The number of nitrogens with two attached hydrogens (primary N) is 1. The summed E-state index contributed by atoms with van der Waals surface area (Å²) in [6.45, 7) is 0. The summed E-state index contributed by atoms with van der Waals surface area (Å²) in [4.78, 5) is 30.7. The maximum absolute atomic E-state index is 12.8. The van der Waals surface area contributed by atoms with Crippen molar-refractivity contribution in [2.75, 3.05) is 10.6 Å². The molecule has 8 heteroatoms. The van der Waals surface area contributed by atoms with Gasteiger partial charge < -0.3 is 5.73 Å². The van der Waals surface area contributed by atoms with Crippen LogP contribution >= 0.6 is 11.8 Å². The molecule has 1 aliphatic carbocycles. The molecule has 2 fully saturated rings. The number of aromatic nitrogens is 1. The summed E-state index contributed by atoms with van der Waals surface area (Å²) in [5, 5.41) is 18.7. The topological polar surface area (TPSA) is 124 Å². The molecule has 0 bridgehead atoms. The van der Waals surface area contributed by atoms with Crippen molar-refractivity contribution in [3.8, 4) is 12.1 Å². The van der Waals surface area contributed by atoms with Crippen molar-refractivity contribution < 1.29 is 9.59 Å². The molecule has 138 valence electrons. The number of rotatable bonds is 4. The van der Waals surface area contributed by atoms with Crippen molar-refractivity contribution >= 4 is 35.1 Å². The molecule has 2 heterocycles. The highest BCUT2D eigenvalue weighted by Crippen LogP contribution is 2.46. The highest BCUT2D eigenvalue weighted by Gasteiger charge is 2.41. The molecular formula is C20H15N5O2S. The van der Waals surface area contributed by atoms with E-state index in [1.165, 1.54) is 4.90 Å². The summed E-state index contributed by atoms with van der Waals surface area (Å²) in [6, 6.07) is 12.9. The number of nitrogen functional groups attached to an aromatic ring is 1. The molecule has 1 saturated carbocycles. The number of nitriles is 2. The first-order valence-corrected chi connectivity index (χ1v) is 9.65. The monoisotopic (exact) mass is 389 g/mol. The Hall–Kier alpha value is -3.36. The number of hydrogen-bond donors (Lipinski definition) is 1. The van der Waals surface area contributed by atoms with Gasteiger partial charge >= 0.3 is 0 Å². The first-order chi connectivity index (χ1) is 13.5. The highest BCUT2D eigenvalue weighted by molar-refractivity contribution is 8.00. The molecule has 0 spiro atoms. The Balaban J connectivity index is 1.69. The van der Waals surface area contributed by atoms with Crippen molar-refractivity contribution in [3.05, 3.63) is 47.0 Å². The van der Waals surface area contributed by atoms with Gasteiger partial charge in [-0.1, -0.05) is 30.0 Å². The number of pyridine rings is 1. The van der Waals surface area contributed by atoms with Gasteiger partial charge in [0, 0.05) is 6.42 Å². The second-order valence-electron chi connectivity index (χ2n) is 6.68. The Morgan fingerprint density at radius 2 is 1.79 bits per heavy atom. The van der Waals surface area contributed by atoms with E-state index in [4.69, 9.17) is 5.73 Å². The van der Waals surface area contributed by atoms with Crippen LogP contribution in [0.25, 0.3) is 0 Å². The molecule has 1 atom stereocenters. The molecule has 0 unspecified atom stereocenters. The lowest BCUT2D eigenvalue weighted by molar-refractivity contribution is -0.121. The van der Waals surface area contributed by atoms with Gasteiger partial charge in [-0.3, -0.25) is 9.59 Å². The molecule has 1 aromatic carbocycles. The standard InChI is InChI=1S/C20H15N5O2S/c21-9-13-17(11-6-7-11)14(10-22)19(24-18(13)23)28-15-8-16(26)25(20(15)27)12-4-2-1-3-5-12/h1-5,11,15H,6-8H2,(H2,23,24)/t15-/m1/s1. The first-order valence-electron chi connectivity index (χ1n) is 8.77. The van der Waals surface area contributed by atoms with E-state index < -0.39 is 5.25 Å². The number of thioether (sulfide) groups is 1. The zero-order valence-corrected chi connectivity index (χ0v) is 15.6. The van der Waals surface area contributed by atoms with Gasteiger partial charge in [0.05, 0.1) is 22.1 Å². The molecule has 2 aromatic rings. The molecule has 2 N–H and O–H groups in total. The van der Waals surface area contributed by atoms with E-state index >= 15 is 0 Å². The van der Waals surface area contributed by atoms with E-state index in [1.807, 2.05) is 12.1 Å². The van der Waals surface area contributed by atoms with Gasteiger partial charge in [-0.2, -0.15) is 10.5 Å². The average Bonchev–Trinajstić information content (AvgIpc) is 3.48. The average molecular weight is 389 g/mol. The number of carbonyl (C=O) groups is 2. The van der Waals surface area contributed by atoms with Crippen molar-refractivity contribution in [3.63, 3.8) is 0 Å². The lowest BCUT2D eigenvalue weighted by atomic mass is 10.0. The maximum atomic E-state index is 12.8. The third kappa shape index (κ3) is 2.98. The van der Waals surface area contributed by atoms with Crippen LogP contribution in [0.3, 0.4) is 0 Å². The molecule has 0 radical (unpaired) electrons. The molecule has 4 rings (SSSR count). The number of anilines is 2. The number of carbonyl (C=O) groups excluding carboxylic acids is 2. The zero-order valence-electron chi connectivity index (χ0n) is 14.8. The van der Waals surface area contributed by atoms with Crippen molar-refractivity contribution in [2.24, 2.45) is 0 Å². The summed E-state index contributed by atoms with van der Waals surface area (Å²) < 4.78 is 0. The number of amides is 2. The molecule has 28 heavy (non-hydrogen) atoms. The minimum atomic E-state index is -0.688. The van der Waals surface area contributed by atoms with Crippen molar-refractivity contribution in [1.29, 1.82) is 10.5 Å². The lowest BCUT2D eigenvalue weighted by Crippen LogP contribution is -2.31. The second kappa shape index (κ2) is 6.99. The number of benzene rings is 1. The summed E-state index contributed by atoms with van der Waals surface area (Å²) in [6.07, 6.45) is 1.79. The number of para-hydroxylation sites is 1. The van der Waals surface area contributed by atoms with Crippen LogP contribution in [0.15, 0.2) is 35.4 Å². The quantitative estimate of drug-likeness (QED) is 0.797. The molecular weight excluding hydrogens is 374 g/mol. The predicted octanol–water partition coefficient (Wildman–Crippen LogP) is 2.71. The lowest BCUT2D eigenvalue weighted by Gasteiger charge is -2.16. The van der Waals surface area contributed by atoms with Crippen LogP contribution in [0.2, 0.25) is 0 Å². The van der Waals surface area contributed by atoms with Gasteiger partial charge in [-0.25, -0.2) is 9.88 Å². The molecule has 1 saturated heterocycles. The third-order valence-corrected chi connectivity index (χ3v) is 5.98. The van der Waals surface area contributed by atoms with E-state index in [0.29, 0.717) is 16.3 Å². The Morgan fingerprint density at radius 1 is 1.11 bits per heavy atom. The number of hydrogen-bond acceptors (Lipinski definition) is 7. The third-order valence-electron chi connectivity index (χ3n) is 4.81. The summed E-state index contributed by atoms with van der Waals surface area (Å²) in [5.41, 5.74) is 7.63. The first kappa shape index (κ1) is 18.0. The van der Waals surface area contributed by atoms with Gasteiger partial charge in [0.2, 0.25) is 11.8 Å². The van der Waals surface area contributed by atoms with Gasteiger partial charge in [-0.05, 0) is 36.5 Å². The number of imide groups is 1. The van der Waals surface area contributed by atoms with E-state index in [0.717, 1.165) is 24.6 Å². The van der Waals surface area contributed by atoms with Crippen LogP contribution in [0.5, 0.6) is 0 Å². The summed E-state index contributed by atoms with van der Waals surface area (Å²) in [7, 11) is 0. The normalized spacial score (nSPS) is 18.8. The second-order valence-corrected chi connectivity index (χ2v) is 7.87. The van der Waals surface area contributed by atoms with Crippen LogP contribution in [0.1, 0.15) is 41.9 Å². The minimum absolute atomic E-state index is 0.0175. The Labute approximate surface area is 165 Å². The van der Waals surface area contributed by atoms with Crippen LogP contribution in [-0.2, 0) is 9.59 Å². The van der Waals surface area contributed by atoms with Crippen LogP contribution in [0, 0.1) is 22.7 Å².